The molecule has 0 aliphatic heterocycles. The Balaban J connectivity index is -0.000000233. The molecule has 0 bridgehead atoms. The molecule has 0 heterocycles. The zero-order chi connectivity index (χ0) is 12.3. The van der Waals surface area contributed by atoms with Gasteiger partial charge in [-0.05, 0) is 0 Å². The Hall–Kier alpha value is -0.557. The number of hydrogen-bond acceptors (Lipinski definition) is 0. The topological polar surface area (TPSA) is 0 Å². The molecule has 0 unspecified atom stereocenters. The third-order valence-electron chi connectivity index (χ3n) is 3.02. The fraction of sp³-hybridized carbons (Fsp3) is 0.375. The fourth-order valence-electron chi connectivity index (χ4n) is 1.90. The van der Waals surface area contributed by atoms with Gasteiger partial charge in [0, 0.05) is 0 Å². The second kappa shape index (κ2) is 10.3. The first-order valence-electron chi connectivity index (χ1n) is 5.81. The average Bonchev–Trinajstić information content (AvgIpc) is 2.58. The van der Waals surface area contributed by atoms with Crippen LogP contribution in [0.3, 0.4) is 0 Å². The Morgan fingerprint density at radius 1 is 0.684 bits per heavy atom. The average molecular weight is 344 g/mol. The molecule has 0 amide bonds. The van der Waals surface area contributed by atoms with Crippen molar-refractivity contribution in [2.45, 2.75) is 41.5 Å². The molecule has 2 aromatic rings. The van der Waals surface area contributed by atoms with Gasteiger partial charge in [-0.3, -0.25) is 0 Å². The molecule has 3 heteroatoms. The van der Waals surface area contributed by atoms with Crippen LogP contribution < -0.4 is 9.41 Å². The maximum Gasteiger partial charge on any atom is 4.00 e. The fourth-order valence-corrected chi connectivity index (χ4v) is 1.90. The summed E-state index contributed by atoms with van der Waals surface area (Å²) in [6.07, 6.45) is 0. The molecule has 0 nitrogen and oxygen atoms in total. The van der Waals surface area contributed by atoms with E-state index < -0.39 is 0 Å². The van der Waals surface area contributed by atoms with Crippen LogP contribution in [0.4, 0.5) is 0 Å². The maximum absolute atomic E-state index is 2.20. The molecular formula is C16H22F2Zr. The minimum atomic E-state index is 0. The van der Waals surface area contributed by atoms with Crippen molar-refractivity contribution >= 4 is 0 Å². The predicted octanol–water partition coefficient (Wildman–Crippen LogP) is -1.33. The zero-order valence-electron chi connectivity index (χ0n) is 12.6. The standard InChI is InChI=1S/2C8H11.2FH.Zr/c2*1-6-4-7(2)8(3)5-6;;;/h2*4-5H,1-3H3;2*1H;/q2*-1;;;+4/p-2. The summed E-state index contributed by atoms with van der Waals surface area (Å²) in [5.41, 5.74) is 8.37. The van der Waals surface area contributed by atoms with Crippen molar-refractivity contribution in [2.24, 2.45) is 0 Å². The minimum Gasteiger partial charge on any atom is -1.00 e. The van der Waals surface area contributed by atoms with Crippen LogP contribution in [0.1, 0.15) is 33.4 Å². The van der Waals surface area contributed by atoms with E-state index in [1.54, 1.807) is 0 Å². The molecule has 0 fully saturated rings. The molecule has 0 saturated heterocycles. The molecular weight excluding hydrogens is 321 g/mol. The first-order valence-corrected chi connectivity index (χ1v) is 5.81. The summed E-state index contributed by atoms with van der Waals surface area (Å²) < 4.78 is 0. The van der Waals surface area contributed by atoms with E-state index in [1.165, 1.54) is 33.4 Å². The molecule has 0 aromatic heterocycles. The van der Waals surface area contributed by atoms with Crippen molar-refractivity contribution in [2.75, 3.05) is 0 Å². The van der Waals surface area contributed by atoms with Crippen LogP contribution in [0.2, 0.25) is 0 Å². The summed E-state index contributed by atoms with van der Waals surface area (Å²) >= 11 is 0. The predicted molar refractivity (Wildman–Crippen MR) is 72.5 cm³/mol. The number of rotatable bonds is 0. The van der Waals surface area contributed by atoms with Gasteiger partial charge in [0.1, 0.15) is 0 Å². The molecule has 2 aromatic carbocycles. The Kier molecular flexibility index (Phi) is 12.7. The van der Waals surface area contributed by atoms with Gasteiger partial charge in [0.15, 0.2) is 0 Å². The summed E-state index contributed by atoms with van der Waals surface area (Å²) in [6, 6.07) is 8.81. The molecule has 0 spiro atoms. The van der Waals surface area contributed by atoms with E-state index in [4.69, 9.17) is 0 Å². The van der Waals surface area contributed by atoms with Crippen LogP contribution in [0.15, 0.2) is 24.3 Å². The largest absolute Gasteiger partial charge is 4.00 e. The van der Waals surface area contributed by atoms with Gasteiger partial charge >= 0.3 is 26.2 Å². The van der Waals surface area contributed by atoms with Crippen molar-refractivity contribution in [1.82, 2.24) is 0 Å². The van der Waals surface area contributed by atoms with E-state index in [-0.39, 0.29) is 35.6 Å². The normalized spacial score (nSPS) is 8.32. The second-order valence-corrected chi connectivity index (χ2v) is 4.80. The SMILES string of the molecule is Cc1cc(C)[c-](C)c1.Cc1cc(C)[c-](C)c1.[F-].[F-].[Zr+4]. The van der Waals surface area contributed by atoms with E-state index in [0.29, 0.717) is 0 Å². The Labute approximate surface area is 134 Å². The third kappa shape index (κ3) is 7.57. The molecule has 104 valence electrons. The monoisotopic (exact) mass is 342 g/mol. The van der Waals surface area contributed by atoms with Crippen LogP contribution in [0.25, 0.3) is 0 Å². The Morgan fingerprint density at radius 3 is 1.00 bits per heavy atom. The van der Waals surface area contributed by atoms with Gasteiger partial charge in [-0.1, -0.05) is 41.5 Å². The summed E-state index contributed by atoms with van der Waals surface area (Å²) in [7, 11) is 0. The molecule has 0 aliphatic carbocycles. The van der Waals surface area contributed by atoms with E-state index >= 15 is 0 Å². The van der Waals surface area contributed by atoms with Crippen molar-refractivity contribution < 1.29 is 35.6 Å². The van der Waals surface area contributed by atoms with Crippen LogP contribution in [0.5, 0.6) is 0 Å². The summed E-state index contributed by atoms with van der Waals surface area (Å²) in [6.45, 7) is 12.8. The van der Waals surface area contributed by atoms with Gasteiger partial charge in [-0.25, -0.2) is 23.3 Å². The summed E-state index contributed by atoms with van der Waals surface area (Å²) in [4.78, 5) is 0. The molecule has 0 aliphatic rings. The Bertz CT molecular complexity index is 384. The number of aryl methyl sites for hydroxylation is 6. The van der Waals surface area contributed by atoms with Crippen molar-refractivity contribution in [1.29, 1.82) is 0 Å². The molecule has 0 N–H and O–H groups in total. The minimum absolute atomic E-state index is 0. The smallest absolute Gasteiger partial charge is 1.00 e. The van der Waals surface area contributed by atoms with Crippen LogP contribution >= 0.6 is 0 Å². The van der Waals surface area contributed by atoms with E-state index in [1.807, 2.05) is 0 Å². The quantitative estimate of drug-likeness (QED) is 0.520. The van der Waals surface area contributed by atoms with Gasteiger partial charge in [-0.15, -0.1) is 0 Å². The zero-order valence-corrected chi connectivity index (χ0v) is 15.0. The van der Waals surface area contributed by atoms with Crippen molar-refractivity contribution in [3.05, 3.63) is 57.6 Å². The van der Waals surface area contributed by atoms with E-state index in [9.17, 15) is 0 Å². The van der Waals surface area contributed by atoms with Crippen LogP contribution in [-0.2, 0) is 26.2 Å². The molecule has 19 heavy (non-hydrogen) atoms. The van der Waals surface area contributed by atoms with E-state index in [0.717, 1.165) is 0 Å². The molecule has 0 atom stereocenters. The van der Waals surface area contributed by atoms with Gasteiger partial charge in [0.25, 0.3) is 0 Å². The van der Waals surface area contributed by atoms with Crippen molar-refractivity contribution in [3.63, 3.8) is 0 Å². The van der Waals surface area contributed by atoms with Gasteiger partial charge in [-0.2, -0.15) is 34.4 Å². The molecule has 0 radical (unpaired) electrons. The number of halogens is 2. The van der Waals surface area contributed by atoms with Gasteiger partial charge < -0.3 is 9.41 Å². The maximum atomic E-state index is 2.20. The van der Waals surface area contributed by atoms with Gasteiger partial charge in [0.2, 0.25) is 0 Å². The third-order valence-corrected chi connectivity index (χ3v) is 3.02. The van der Waals surface area contributed by atoms with Crippen LogP contribution in [0, 0.1) is 41.5 Å². The molecule has 0 saturated carbocycles. The first-order chi connectivity index (χ1) is 7.40. The Morgan fingerprint density at radius 2 is 0.947 bits per heavy atom. The second-order valence-electron chi connectivity index (χ2n) is 4.80. The van der Waals surface area contributed by atoms with E-state index in [2.05, 4.69) is 65.8 Å². The first kappa shape index (κ1) is 23.5. The summed E-state index contributed by atoms with van der Waals surface area (Å²) in [5.74, 6) is 0. The van der Waals surface area contributed by atoms with Gasteiger partial charge in [0.05, 0.1) is 0 Å². The summed E-state index contributed by atoms with van der Waals surface area (Å²) in [5, 5.41) is 0. The number of hydrogen-bond donors (Lipinski definition) is 0. The molecule has 2 rings (SSSR count). The van der Waals surface area contributed by atoms with Crippen LogP contribution in [-0.4, -0.2) is 0 Å². The van der Waals surface area contributed by atoms with Crippen molar-refractivity contribution in [3.8, 4) is 0 Å².